The first-order chi connectivity index (χ1) is 26.6. The lowest BCUT2D eigenvalue weighted by Gasteiger charge is -2.28. The number of rotatable bonds is 41. The van der Waals surface area contributed by atoms with Crippen molar-refractivity contribution in [1.82, 2.24) is 0 Å². The first-order valence-corrected chi connectivity index (χ1v) is 23.8. The van der Waals surface area contributed by atoms with E-state index in [0.717, 1.165) is 70.6 Å². The van der Waals surface area contributed by atoms with Crippen molar-refractivity contribution in [2.24, 2.45) is 0 Å². The number of carbonyl (C=O) groups is 1. The molecule has 0 bridgehead atoms. The standard InChI is InChI=1S/C46H86NO7P/c1-6-8-10-12-14-16-18-20-22-23-24-25-26-27-29-31-33-35-37-39-46(48)54-45(44-53-55(49,50)52-42-40-47(3,4)5)43-51-41-38-36-34-32-30-28-21-19-17-15-13-11-9-7-2/h9,11,15,17,20-22,28,45H,6-8,10,12-14,16,18-19,23-27,29-44H2,1-5H3/b11-9-,17-15-,22-20-,28-21-. The molecular formula is C46H86NO7P. The van der Waals surface area contributed by atoms with Gasteiger partial charge in [0.15, 0.2) is 0 Å². The SMILES string of the molecule is CC/C=C\C/C=C\C/C=C\CCCCCCOCC(COP(=O)([O-])OCC[N+](C)(C)C)OC(=O)CCCCCCCCCCC/C=C\CCCCCCCC. The summed E-state index contributed by atoms with van der Waals surface area (Å²) in [6, 6.07) is 0. The molecule has 0 N–H and O–H groups in total. The van der Waals surface area contributed by atoms with Crippen LogP contribution >= 0.6 is 7.82 Å². The lowest BCUT2D eigenvalue weighted by molar-refractivity contribution is -0.870. The van der Waals surface area contributed by atoms with E-state index in [9.17, 15) is 14.3 Å². The van der Waals surface area contributed by atoms with Gasteiger partial charge in [-0.15, -0.1) is 0 Å². The minimum Gasteiger partial charge on any atom is -0.756 e. The molecule has 0 saturated carbocycles. The zero-order valence-corrected chi connectivity index (χ0v) is 37.3. The molecule has 0 amide bonds. The third-order valence-electron chi connectivity index (χ3n) is 9.36. The number of phosphoric acid groups is 1. The maximum absolute atomic E-state index is 12.7. The normalized spacial score (nSPS) is 14.2. The first-order valence-electron chi connectivity index (χ1n) is 22.4. The van der Waals surface area contributed by atoms with Crippen LogP contribution in [0.2, 0.25) is 0 Å². The van der Waals surface area contributed by atoms with E-state index in [-0.39, 0.29) is 25.8 Å². The Morgan fingerprint density at radius 2 is 1.05 bits per heavy atom. The second kappa shape index (κ2) is 39.3. The molecule has 55 heavy (non-hydrogen) atoms. The molecular weight excluding hydrogens is 709 g/mol. The van der Waals surface area contributed by atoms with E-state index in [1.165, 1.54) is 89.9 Å². The number of carbonyl (C=O) groups excluding carboxylic acids is 1. The smallest absolute Gasteiger partial charge is 0.306 e. The zero-order chi connectivity index (χ0) is 40.6. The summed E-state index contributed by atoms with van der Waals surface area (Å²) in [5.74, 6) is -0.346. The van der Waals surface area contributed by atoms with Crippen molar-refractivity contribution in [3.05, 3.63) is 48.6 Å². The molecule has 0 aromatic carbocycles. The number of hydrogen-bond donors (Lipinski definition) is 0. The van der Waals surface area contributed by atoms with Crippen LogP contribution in [0.5, 0.6) is 0 Å². The van der Waals surface area contributed by atoms with Crippen molar-refractivity contribution < 1.29 is 37.3 Å². The quantitative estimate of drug-likeness (QED) is 0.0200. The first kappa shape index (κ1) is 53.5. The fourth-order valence-electron chi connectivity index (χ4n) is 5.91. The summed E-state index contributed by atoms with van der Waals surface area (Å²) in [7, 11) is 1.34. The van der Waals surface area contributed by atoms with Crippen LogP contribution in [0.1, 0.15) is 181 Å². The Kier molecular flexibility index (Phi) is 38.2. The molecule has 8 nitrogen and oxygen atoms in total. The minimum absolute atomic E-state index is 0.0199. The molecule has 0 heterocycles. The summed E-state index contributed by atoms with van der Waals surface area (Å²) in [4.78, 5) is 25.1. The van der Waals surface area contributed by atoms with Crippen LogP contribution < -0.4 is 4.89 Å². The van der Waals surface area contributed by atoms with Crippen molar-refractivity contribution in [2.45, 2.75) is 187 Å². The highest BCUT2D eigenvalue weighted by Crippen LogP contribution is 2.38. The molecule has 2 unspecified atom stereocenters. The summed E-state index contributed by atoms with van der Waals surface area (Å²) in [6.45, 7) is 5.24. The average molecular weight is 796 g/mol. The number of ether oxygens (including phenoxy) is 2. The van der Waals surface area contributed by atoms with E-state index in [2.05, 4.69) is 62.5 Å². The van der Waals surface area contributed by atoms with Crippen LogP contribution in [-0.2, 0) is 27.9 Å². The number of esters is 1. The van der Waals surface area contributed by atoms with Crippen LogP contribution in [0.25, 0.3) is 0 Å². The predicted octanol–water partition coefficient (Wildman–Crippen LogP) is 12.5. The Labute approximate surface area is 339 Å². The van der Waals surface area contributed by atoms with Crippen LogP contribution in [0, 0.1) is 0 Å². The summed E-state index contributed by atoms with van der Waals surface area (Å²) < 4.78 is 34.6. The van der Waals surface area contributed by atoms with Crippen molar-refractivity contribution in [1.29, 1.82) is 0 Å². The molecule has 0 rings (SSSR count). The predicted molar refractivity (Wildman–Crippen MR) is 231 cm³/mol. The van der Waals surface area contributed by atoms with Gasteiger partial charge in [0.05, 0.1) is 34.4 Å². The third-order valence-corrected chi connectivity index (χ3v) is 10.3. The summed E-state index contributed by atoms with van der Waals surface area (Å²) >= 11 is 0. The Morgan fingerprint density at radius 1 is 0.582 bits per heavy atom. The highest BCUT2D eigenvalue weighted by Gasteiger charge is 2.20. The Hall–Kier alpha value is -1.54. The zero-order valence-electron chi connectivity index (χ0n) is 36.4. The molecule has 0 aliphatic rings. The second-order valence-electron chi connectivity index (χ2n) is 16.0. The highest BCUT2D eigenvalue weighted by molar-refractivity contribution is 7.45. The summed E-state index contributed by atoms with van der Waals surface area (Å²) in [6.07, 6.45) is 47.0. The molecule has 0 radical (unpaired) electrons. The van der Waals surface area contributed by atoms with Crippen LogP contribution in [0.4, 0.5) is 0 Å². The molecule has 0 aromatic rings. The van der Waals surface area contributed by atoms with Crippen LogP contribution in [-0.4, -0.2) is 70.7 Å². The number of allylic oxidation sites excluding steroid dienone is 8. The monoisotopic (exact) mass is 796 g/mol. The molecule has 0 spiro atoms. The van der Waals surface area contributed by atoms with Gasteiger partial charge >= 0.3 is 5.97 Å². The topological polar surface area (TPSA) is 94.1 Å². The molecule has 0 fully saturated rings. The lowest BCUT2D eigenvalue weighted by Crippen LogP contribution is -2.37. The highest BCUT2D eigenvalue weighted by atomic mass is 31.2. The van der Waals surface area contributed by atoms with Gasteiger partial charge < -0.3 is 27.9 Å². The number of hydrogen-bond acceptors (Lipinski definition) is 7. The minimum atomic E-state index is -4.53. The van der Waals surface area contributed by atoms with Gasteiger partial charge in [-0.3, -0.25) is 9.36 Å². The molecule has 0 saturated heterocycles. The van der Waals surface area contributed by atoms with Gasteiger partial charge in [-0.05, 0) is 70.6 Å². The van der Waals surface area contributed by atoms with Crippen molar-refractivity contribution in [2.75, 3.05) is 54.1 Å². The maximum Gasteiger partial charge on any atom is 0.306 e. The molecule has 0 aliphatic heterocycles. The van der Waals surface area contributed by atoms with E-state index in [1.54, 1.807) is 0 Å². The molecule has 9 heteroatoms. The average Bonchev–Trinajstić information content (AvgIpc) is 3.13. The van der Waals surface area contributed by atoms with Crippen LogP contribution in [0.3, 0.4) is 0 Å². The largest absolute Gasteiger partial charge is 0.756 e. The Balaban J connectivity index is 4.24. The van der Waals surface area contributed by atoms with Crippen LogP contribution in [0.15, 0.2) is 48.6 Å². The summed E-state index contributed by atoms with van der Waals surface area (Å²) in [5.41, 5.74) is 0. The van der Waals surface area contributed by atoms with Gasteiger partial charge in [0.25, 0.3) is 7.82 Å². The van der Waals surface area contributed by atoms with Gasteiger partial charge in [-0.2, -0.15) is 0 Å². The lowest BCUT2D eigenvalue weighted by atomic mass is 10.1. The van der Waals surface area contributed by atoms with Gasteiger partial charge in [0.2, 0.25) is 0 Å². The molecule has 322 valence electrons. The fraction of sp³-hybridized carbons (Fsp3) is 0.804. The van der Waals surface area contributed by atoms with Crippen molar-refractivity contribution >= 4 is 13.8 Å². The second-order valence-corrected chi connectivity index (χ2v) is 17.4. The van der Waals surface area contributed by atoms with Crippen molar-refractivity contribution in [3.8, 4) is 0 Å². The molecule has 0 aliphatic carbocycles. The number of quaternary nitrogens is 1. The van der Waals surface area contributed by atoms with Gasteiger partial charge in [-0.25, -0.2) is 0 Å². The van der Waals surface area contributed by atoms with Gasteiger partial charge in [0, 0.05) is 13.0 Å². The number of likely N-dealkylation sites (N-methyl/N-ethyl adjacent to an activating group) is 1. The number of phosphoric ester groups is 1. The maximum atomic E-state index is 12.7. The van der Waals surface area contributed by atoms with Gasteiger partial charge in [0.1, 0.15) is 19.3 Å². The molecule has 2 atom stereocenters. The fourth-order valence-corrected chi connectivity index (χ4v) is 6.64. The van der Waals surface area contributed by atoms with E-state index in [1.807, 2.05) is 21.1 Å². The van der Waals surface area contributed by atoms with Gasteiger partial charge in [-0.1, -0.05) is 152 Å². The van der Waals surface area contributed by atoms with E-state index in [0.29, 0.717) is 24.1 Å². The molecule has 0 aromatic heterocycles. The summed E-state index contributed by atoms with van der Waals surface area (Å²) in [5, 5.41) is 0. The Morgan fingerprint density at radius 3 is 1.60 bits per heavy atom. The van der Waals surface area contributed by atoms with E-state index < -0.39 is 13.9 Å². The number of unbranched alkanes of at least 4 members (excludes halogenated alkanes) is 19. The van der Waals surface area contributed by atoms with Crippen molar-refractivity contribution in [3.63, 3.8) is 0 Å². The van der Waals surface area contributed by atoms with E-state index >= 15 is 0 Å². The van der Waals surface area contributed by atoms with E-state index in [4.69, 9.17) is 18.5 Å². The third kappa shape index (κ3) is 43.4. The Bertz CT molecular complexity index is 1020. The number of nitrogens with zero attached hydrogens (tertiary/aromatic N) is 1.